The van der Waals surface area contributed by atoms with Crippen molar-refractivity contribution in [3.8, 4) is 0 Å². The molecular weight excluding hydrogens is 160 g/mol. The van der Waals surface area contributed by atoms with Crippen molar-refractivity contribution in [2.75, 3.05) is 0 Å². The van der Waals surface area contributed by atoms with E-state index in [0.29, 0.717) is 0 Å². The van der Waals surface area contributed by atoms with Crippen molar-refractivity contribution in [1.29, 1.82) is 0 Å². The summed E-state index contributed by atoms with van der Waals surface area (Å²) in [5, 5.41) is 0. The van der Waals surface area contributed by atoms with Crippen LogP contribution >= 0.6 is 0 Å². The number of hydrogen-bond acceptors (Lipinski definition) is 1. The second kappa shape index (κ2) is 4.59. The molecule has 0 radical (unpaired) electrons. The van der Waals surface area contributed by atoms with Gasteiger partial charge in [0.15, 0.2) is 0 Å². The maximum atomic E-state index is 11.0. The van der Waals surface area contributed by atoms with Gasteiger partial charge in [-0.1, -0.05) is 19.4 Å². The van der Waals surface area contributed by atoms with Crippen LogP contribution < -0.4 is 0 Å². The van der Waals surface area contributed by atoms with Crippen LogP contribution in [0.25, 0.3) is 0 Å². The van der Waals surface area contributed by atoms with Gasteiger partial charge in [0.05, 0.1) is 0 Å². The molecule has 1 heteroatoms. The summed E-state index contributed by atoms with van der Waals surface area (Å²) in [5.74, 6) is 0.859. The van der Waals surface area contributed by atoms with Crippen molar-refractivity contribution >= 4 is 6.29 Å². The summed E-state index contributed by atoms with van der Waals surface area (Å²) in [4.78, 5) is 11.0. The summed E-state index contributed by atoms with van der Waals surface area (Å²) >= 11 is 0. The molecule has 0 aromatic heterocycles. The van der Waals surface area contributed by atoms with Gasteiger partial charge in [-0.25, -0.2) is 0 Å². The number of carbonyl (C=O) groups excluding carboxylic acids is 1. The van der Waals surface area contributed by atoms with Crippen LogP contribution in [0.2, 0.25) is 0 Å². The van der Waals surface area contributed by atoms with Crippen LogP contribution in [0.4, 0.5) is 0 Å². The molecule has 1 nitrogen and oxygen atoms in total. The molecule has 1 aliphatic rings. The van der Waals surface area contributed by atoms with Gasteiger partial charge in [0.25, 0.3) is 0 Å². The minimum atomic E-state index is -0.0482. The molecule has 0 N–H and O–H groups in total. The minimum Gasteiger partial charge on any atom is -0.303 e. The Morgan fingerprint density at radius 1 is 1.46 bits per heavy atom. The molecule has 13 heavy (non-hydrogen) atoms. The molecular formula is C12H20O. The fourth-order valence-electron chi connectivity index (χ4n) is 2.32. The van der Waals surface area contributed by atoms with Gasteiger partial charge in [0.1, 0.15) is 6.29 Å². The van der Waals surface area contributed by atoms with Crippen molar-refractivity contribution in [1.82, 2.24) is 0 Å². The molecule has 1 rings (SSSR count). The van der Waals surface area contributed by atoms with E-state index in [1.54, 1.807) is 0 Å². The summed E-state index contributed by atoms with van der Waals surface area (Å²) in [6.45, 7) is 5.97. The smallest absolute Gasteiger partial charge is 0.126 e. The van der Waals surface area contributed by atoms with Crippen molar-refractivity contribution in [3.05, 3.63) is 12.7 Å². The molecule has 0 aromatic rings. The Kier molecular flexibility index (Phi) is 3.71. The van der Waals surface area contributed by atoms with Crippen LogP contribution in [-0.4, -0.2) is 6.29 Å². The second-order valence-electron chi connectivity index (χ2n) is 4.32. The lowest BCUT2D eigenvalue weighted by atomic mass is 9.69. The highest BCUT2D eigenvalue weighted by Gasteiger charge is 2.33. The molecule has 0 aromatic carbocycles. The third-order valence-electron chi connectivity index (χ3n) is 3.48. The van der Waals surface area contributed by atoms with Crippen LogP contribution in [0.1, 0.15) is 45.4 Å². The van der Waals surface area contributed by atoms with Crippen molar-refractivity contribution in [2.24, 2.45) is 11.3 Å². The average molecular weight is 180 g/mol. The third-order valence-corrected chi connectivity index (χ3v) is 3.48. The number of allylic oxidation sites excluding steroid dienone is 1. The van der Waals surface area contributed by atoms with Gasteiger partial charge in [-0.3, -0.25) is 0 Å². The standard InChI is InChI=1S/C12H20O/c1-3-7-12(10-13)8-5-11(4-2)6-9-12/h3,10-11H,1,4-9H2,2H3. The van der Waals surface area contributed by atoms with Gasteiger partial charge in [-0.2, -0.15) is 0 Å². The Bertz CT molecular complexity index is 176. The molecule has 0 spiro atoms. The number of carbonyl (C=O) groups is 1. The van der Waals surface area contributed by atoms with E-state index in [2.05, 4.69) is 13.5 Å². The average Bonchev–Trinajstić information content (AvgIpc) is 2.19. The highest BCUT2D eigenvalue weighted by molar-refractivity contribution is 5.59. The molecule has 0 unspecified atom stereocenters. The van der Waals surface area contributed by atoms with E-state index in [-0.39, 0.29) is 5.41 Å². The van der Waals surface area contributed by atoms with Crippen LogP contribution in [0.15, 0.2) is 12.7 Å². The summed E-state index contributed by atoms with van der Waals surface area (Å²) in [5.41, 5.74) is -0.0482. The lowest BCUT2D eigenvalue weighted by Gasteiger charge is -2.35. The minimum absolute atomic E-state index is 0.0482. The second-order valence-corrected chi connectivity index (χ2v) is 4.32. The summed E-state index contributed by atoms with van der Waals surface area (Å²) in [6.07, 6.45) is 9.78. The predicted molar refractivity (Wildman–Crippen MR) is 55.6 cm³/mol. The molecule has 0 atom stereocenters. The molecule has 1 fully saturated rings. The first-order valence-corrected chi connectivity index (χ1v) is 5.33. The van der Waals surface area contributed by atoms with E-state index in [0.717, 1.165) is 25.2 Å². The highest BCUT2D eigenvalue weighted by Crippen LogP contribution is 2.41. The van der Waals surface area contributed by atoms with Crippen molar-refractivity contribution in [3.63, 3.8) is 0 Å². The molecule has 1 saturated carbocycles. The van der Waals surface area contributed by atoms with Gasteiger partial charge in [-0.15, -0.1) is 6.58 Å². The largest absolute Gasteiger partial charge is 0.303 e. The molecule has 1 aliphatic carbocycles. The molecule has 0 saturated heterocycles. The van der Waals surface area contributed by atoms with Crippen LogP contribution in [0.5, 0.6) is 0 Å². The Hall–Kier alpha value is -0.590. The Labute approximate surface area is 81.2 Å². The molecule has 0 heterocycles. The van der Waals surface area contributed by atoms with E-state index in [4.69, 9.17) is 0 Å². The Morgan fingerprint density at radius 2 is 2.08 bits per heavy atom. The lowest BCUT2D eigenvalue weighted by Crippen LogP contribution is -2.28. The maximum Gasteiger partial charge on any atom is 0.126 e. The third kappa shape index (κ3) is 2.43. The summed E-state index contributed by atoms with van der Waals surface area (Å²) < 4.78 is 0. The fourth-order valence-corrected chi connectivity index (χ4v) is 2.32. The van der Waals surface area contributed by atoms with E-state index in [9.17, 15) is 4.79 Å². The molecule has 0 bridgehead atoms. The number of aldehydes is 1. The zero-order valence-electron chi connectivity index (χ0n) is 8.59. The zero-order chi connectivity index (χ0) is 9.73. The molecule has 0 aliphatic heterocycles. The van der Waals surface area contributed by atoms with E-state index in [1.165, 1.54) is 25.5 Å². The Morgan fingerprint density at radius 3 is 2.46 bits per heavy atom. The van der Waals surface area contributed by atoms with Gasteiger partial charge in [0, 0.05) is 5.41 Å². The van der Waals surface area contributed by atoms with Crippen LogP contribution in [-0.2, 0) is 4.79 Å². The van der Waals surface area contributed by atoms with Gasteiger partial charge >= 0.3 is 0 Å². The quantitative estimate of drug-likeness (QED) is 0.479. The normalized spacial score (nSPS) is 34.1. The molecule has 0 amide bonds. The Balaban J connectivity index is 2.52. The lowest BCUT2D eigenvalue weighted by molar-refractivity contribution is -0.118. The van der Waals surface area contributed by atoms with Crippen LogP contribution in [0.3, 0.4) is 0 Å². The fraction of sp³-hybridized carbons (Fsp3) is 0.750. The maximum absolute atomic E-state index is 11.0. The highest BCUT2D eigenvalue weighted by atomic mass is 16.1. The van der Waals surface area contributed by atoms with Gasteiger partial charge in [-0.05, 0) is 38.0 Å². The van der Waals surface area contributed by atoms with Gasteiger partial charge < -0.3 is 4.79 Å². The van der Waals surface area contributed by atoms with E-state index < -0.39 is 0 Å². The van der Waals surface area contributed by atoms with Crippen molar-refractivity contribution in [2.45, 2.75) is 45.4 Å². The first-order valence-electron chi connectivity index (χ1n) is 5.33. The monoisotopic (exact) mass is 180 g/mol. The SMILES string of the molecule is C=CCC1(C=O)CCC(CC)CC1. The van der Waals surface area contributed by atoms with Crippen molar-refractivity contribution < 1.29 is 4.79 Å². The summed E-state index contributed by atoms with van der Waals surface area (Å²) in [6, 6.07) is 0. The zero-order valence-corrected chi connectivity index (χ0v) is 8.59. The first-order chi connectivity index (χ1) is 6.26. The summed E-state index contributed by atoms with van der Waals surface area (Å²) in [7, 11) is 0. The topological polar surface area (TPSA) is 17.1 Å². The number of hydrogen-bond donors (Lipinski definition) is 0. The number of rotatable bonds is 4. The van der Waals surface area contributed by atoms with E-state index in [1.807, 2.05) is 6.08 Å². The van der Waals surface area contributed by atoms with E-state index >= 15 is 0 Å². The predicted octanol–water partition coefficient (Wildman–Crippen LogP) is 3.35. The first kappa shape index (κ1) is 10.5. The van der Waals surface area contributed by atoms with Crippen LogP contribution in [0, 0.1) is 11.3 Å². The van der Waals surface area contributed by atoms with Gasteiger partial charge in [0.2, 0.25) is 0 Å². The molecule has 74 valence electrons.